The first-order valence-corrected chi connectivity index (χ1v) is 7.99. The summed E-state index contributed by atoms with van der Waals surface area (Å²) in [6, 6.07) is 14.6. The van der Waals surface area contributed by atoms with Crippen molar-refractivity contribution in [1.82, 2.24) is 5.43 Å². The number of aliphatic carboxylic acids is 1. The maximum atomic E-state index is 12.3. The Morgan fingerprint density at radius 3 is 2.33 bits per heavy atom. The first-order valence-electron chi connectivity index (χ1n) is 7.99. The van der Waals surface area contributed by atoms with E-state index in [0.29, 0.717) is 11.3 Å². The third-order valence-electron chi connectivity index (χ3n) is 3.47. The lowest BCUT2D eigenvalue weighted by Crippen LogP contribution is -2.30. The Morgan fingerprint density at radius 2 is 1.74 bits per heavy atom. The minimum Gasteiger partial charge on any atom is -0.481 e. The summed E-state index contributed by atoms with van der Waals surface area (Å²) in [6.07, 6.45) is 1.24. The number of carboxylic acid groups (broad SMARTS) is 1. The summed E-state index contributed by atoms with van der Waals surface area (Å²) in [7, 11) is 0. The second kappa shape index (κ2) is 9.55. The number of carboxylic acids is 1. The van der Waals surface area contributed by atoms with Gasteiger partial charge in [-0.25, -0.2) is 0 Å². The molecular formula is C19H17N3O5. The van der Waals surface area contributed by atoms with E-state index in [9.17, 15) is 19.7 Å². The minimum atomic E-state index is -1.03. The van der Waals surface area contributed by atoms with Crippen molar-refractivity contribution in [3.8, 4) is 0 Å². The van der Waals surface area contributed by atoms with Gasteiger partial charge in [0.1, 0.15) is 0 Å². The van der Waals surface area contributed by atoms with Gasteiger partial charge in [0.15, 0.2) is 0 Å². The summed E-state index contributed by atoms with van der Waals surface area (Å²) in [5, 5.41) is 19.5. The highest BCUT2D eigenvalue weighted by Gasteiger charge is 2.11. The molecule has 0 aromatic heterocycles. The van der Waals surface area contributed by atoms with E-state index in [1.54, 1.807) is 24.3 Å². The number of para-hydroxylation sites is 1. The molecule has 8 heteroatoms. The average molecular weight is 367 g/mol. The Kier molecular flexibility index (Phi) is 6.87. The van der Waals surface area contributed by atoms with Crippen molar-refractivity contribution in [2.45, 2.75) is 12.8 Å². The van der Waals surface area contributed by atoms with Crippen LogP contribution in [0.4, 0.5) is 11.4 Å². The summed E-state index contributed by atoms with van der Waals surface area (Å²) in [5.74, 6) is -1.55. The number of non-ortho nitro benzene ring substituents is 1. The number of anilines is 1. The van der Waals surface area contributed by atoms with Crippen LogP contribution in [0.3, 0.4) is 0 Å². The second-order valence-corrected chi connectivity index (χ2v) is 5.45. The van der Waals surface area contributed by atoms with Crippen molar-refractivity contribution in [1.29, 1.82) is 0 Å². The third-order valence-corrected chi connectivity index (χ3v) is 3.47. The number of hydrazine groups is 1. The van der Waals surface area contributed by atoms with Crippen LogP contribution in [0.5, 0.6) is 0 Å². The van der Waals surface area contributed by atoms with Crippen LogP contribution < -0.4 is 10.9 Å². The number of amides is 1. The minimum absolute atomic E-state index is 0.0128. The molecule has 27 heavy (non-hydrogen) atoms. The SMILES string of the molecule is O=C(O)CCC(=C=Cc1ccc([N+](=O)[O-])cc1)C(=O)NNc1ccccc1. The number of nitrogens with one attached hydrogen (secondary N) is 2. The molecule has 0 saturated heterocycles. The number of hydrogen-bond donors (Lipinski definition) is 3. The maximum Gasteiger partial charge on any atom is 0.303 e. The lowest BCUT2D eigenvalue weighted by Gasteiger charge is -2.09. The van der Waals surface area contributed by atoms with Crippen LogP contribution in [-0.2, 0) is 9.59 Å². The van der Waals surface area contributed by atoms with E-state index in [1.807, 2.05) is 6.07 Å². The molecule has 2 aromatic rings. The number of nitro benzene ring substituents is 1. The van der Waals surface area contributed by atoms with E-state index >= 15 is 0 Å². The van der Waals surface area contributed by atoms with Crippen LogP contribution >= 0.6 is 0 Å². The molecule has 0 fully saturated rings. The van der Waals surface area contributed by atoms with Crippen LogP contribution in [0.15, 0.2) is 65.9 Å². The van der Waals surface area contributed by atoms with Crippen molar-refractivity contribution in [2.24, 2.45) is 0 Å². The van der Waals surface area contributed by atoms with Gasteiger partial charge in [-0.15, -0.1) is 5.73 Å². The van der Waals surface area contributed by atoms with Gasteiger partial charge in [-0.2, -0.15) is 0 Å². The summed E-state index contributed by atoms with van der Waals surface area (Å²) in [6.45, 7) is 0. The van der Waals surface area contributed by atoms with Crippen LogP contribution in [0.2, 0.25) is 0 Å². The van der Waals surface area contributed by atoms with E-state index < -0.39 is 16.8 Å². The number of nitro groups is 1. The van der Waals surface area contributed by atoms with Gasteiger partial charge in [-0.05, 0) is 42.3 Å². The van der Waals surface area contributed by atoms with E-state index in [0.717, 1.165) is 0 Å². The zero-order valence-corrected chi connectivity index (χ0v) is 14.2. The van der Waals surface area contributed by atoms with Crippen LogP contribution in [0, 0.1) is 10.1 Å². The molecule has 138 valence electrons. The molecule has 0 aliphatic rings. The highest BCUT2D eigenvalue weighted by molar-refractivity contribution is 5.94. The first-order chi connectivity index (χ1) is 13.0. The number of carbonyl (C=O) groups excluding carboxylic acids is 1. The fourth-order valence-corrected chi connectivity index (χ4v) is 2.07. The zero-order chi connectivity index (χ0) is 19.6. The van der Waals surface area contributed by atoms with Gasteiger partial charge in [0.05, 0.1) is 22.6 Å². The molecule has 0 saturated carbocycles. The first kappa shape index (κ1) is 19.4. The number of rotatable bonds is 8. The van der Waals surface area contributed by atoms with Crippen molar-refractivity contribution in [3.63, 3.8) is 0 Å². The van der Waals surface area contributed by atoms with E-state index in [1.165, 1.54) is 30.3 Å². The van der Waals surface area contributed by atoms with Gasteiger partial charge < -0.3 is 5.11 Å². The molecule has 0 bridgehead atoms. The number of benzene rings is 2. The summed E-state index contributed by atoms with van der Waals surface area (Å²) in [5.41, 5.74) is 9.36. The largest absolute Gasteiger partial charge is 0.481 e. The number of nitrogens with zero attached hydrogens (tertiary/aromatic N) is 1. The maximum absolute atomic E-state index is 12.3. The van der Waals surface area contributed by atoms with Crippen molar-refractivity contribution in [2.75, 3.05) is 5.43 Å². The summed E-state index contributed by atoms with van der Waals surface area (Å²) in [4.78, 5) is 33.3. The lowest BCUT2D eigenvalue weighted by molar-refractivity contribution is -0.384. The average Bonchev–Trinajstić information content (AvgIpc) is 2.67. The fraction of sp³-hybridized carbons (Fsp3) is 0.105. The zero-order valence-electron chi connectivity index (χ0n) is 14.2. The molecule has 0 heterocycles. The van der Waals surface area contributed by atoms with E-state index in [-0.39, 0.29) is 24.1 Å². The van der Waals surface area contributed by atoms with E-state index in [2.05, 4.69) is 16.6 Å². The molecule has 0 spiro atoms. The Balaban J connectivity index is 2.15. The predicted molar refractivity (Wildman–Crippen MR) is 99.7 cm³/mol. The van der Waals surface area contributed by atoms with Crippen molar-refractivity contribution in [3.05, 3.63) is 81.6 Å². The van der Waals surface area contributed by atoms with Crippen molar-refractivity contribution < 1.29 is 19.6 Å². The highest BCUT2D eigenvalue weighted by Crippen LogP contribution is 2.13. The van der Waals surface area contributed by atoms with Crippen LogP contribution in [-0.4, -0.2) is 21.9 Å². The smallest absolute Gasteiger partial charge is 0.303 e. The van der Waals surface area contributed by atoms with Gasteiger partial charge >= 0.3 is 5.97 Å². The Hall–Kier alpha value is -3.90. The molecule has 0 atom stereocenters. The quantitative estimate of drug-likeness (QED) is 0.285. The number of carbonyl (C=O) groups is 2. The highest BCUT2D eigenvalue weighted by atomic mass is 16.6. The standard InChI is InChI=1S/C19H17N3O5/c23-18(24)13-10-15(19(25)21-20-16-4-2-1-3-5-16)9-6-14-7-11-17(12-8-14)22(26)27/h1-8,11-12,20H,10,13H2,(H,21,25)(H,23,24). The fourth-order valence-electron chi connectivity index (χ4n) is 2.07. The molecular weight excluding hydrogens is 350 g/mol. The topological polar surface area (TPSA) is 122 Å². The molecule has 0 radical (unpaired) electrons. The molecule has 8 nitrogen and oxygen atoms in total. The normalized spacial score (nSPS) is 9.63. The van der Waals surface area contributed by atoms with Gasteiger partial charge in [0.25, 0.3) is 11.6 Å². The Morgan fingerprint density at radius 1 is 1.07 bits per heavy atom. The monoisotopic (exact) mass is 367 g/mol. The number of hydrogen-bond acceptors (Lipinski definition) is 5. The molecule has 3 N–H and O–H groups in total. The van der Waals surface area contributed by atoms with Gasteiger partial charge in [0, 0.05) is 12.1 Å². The Labute approximate surface area is 155 Å². The summed E-state index contributed by atoms with van der Waals surface area (Å²) < 4.78 is 0. The molecule has 1 amide bonds. The lowest BCUT2D eigenvalue weighted by atomic mass is 10.1. The third kappa shape index (κ3) is 6.49. The van der Waals surface area contributed by atoms with Crippen LogP contribution in [0.25, 0.3) is 6.08 Å². The van der Waals surface area contributed by atoms with Crippen LogP contribution in [0.1, 0.15) is 18.4 Å². The van der Waals surface area contributed by atoms with Gasteiger partial charge in [-0.3, -0.25) is 30.6 Å². The van der Waals surface area contributed by atoms with Gasteiger partial charge in [0.2, 0.25) is 0 Å². The molecule has 0 aliphatic carbocycles. The predicted octanol–water partition coefficient (Wildman–Crippen LogP) is 3.14. The molecule has 2 aromatic carbocycles. The Bertz CT molecular complexity index is 885. The molecule has 2 rings (SSSR count). The molecule has 0 unspecified atom stereocenters. The molecule has 0 aliphatic heterocycles. The van der Waals surface area contributed by atoms with Gasteiger partial charge in [-0.1, -0.05) is 18.2 Å². The summed E-state index contributed by atoms with van der Waals surface area (Å²) >= 11 is 0. The van der Waals surface area contributed by atoms with Crippen molar-refractivity contribution >= 4 is 29.3 Å². The second-order valence-electron chi connectivity index (χ2n) is 5.45. The van der Waals surface area contributed by atoms with E-state index in [4.69, 9.17) is 5.11 Å².